The van der Waals surface area contributed by atoms with Crippen LogP contribution in [0.1, 0.15) is 25.3 Å². The Bertz CT molecular complexity index is 414. The third-order valence-corrected chi connectivity index (χ3v) is 3.17. The molecule has 1 aromatic heterocycles. The molecule has 0 unspecified atom stereocenters. The number of rotatable bonds is 2. The quantitative estimate of drug-likeness (QED) is 0.874. The van der Waals surface area contributed by atoms with E-state index in [2.05, 4.69) is 17.2 Å². The van der Waals surface area contributed by atoms with Crippen LogP contribution in [0.4, 0.5) is 19.0 Å². The molecule has 1 aliphatic rings. The van der Waals surface area contributed by atoms with E-state index in [1.807, 2.05) is 0 Å². The first-order valence-electron chi connectivity index (χ1n) is 5.35. The standard InChI is InChI=1S/C11H12ClF3N2/c1-6-2-8(3-6)17-10-9(12)4-7(5-16-10)11(13,14)15/h4-6,8H,2-3H2,1H3,(H,16,17). The maximum Gasteiger partial charge on any atom is 0.417 e. The van der Waals surface area contributed by atoms with Crippen LogP contribution in [0, 0.1) is 5.92 Å². The lowest BCUT2D eigenvalue weighted by Crippen LogP contribution is -2.34. The van der Waals surface area contributed by atoms with Gasteiger partial charge in [-0.15, -0.1) is 0 Å². The van der Waals surface area contributed by atoms with Crippen LogP contribution in [-0.2, 0) is 6.18 Å². The number of hydrogen-bond acceptors (Lipinski definition) is 2. The monoisotopic (exact) mass is 264 g/mol. The van der Waals surface area contributed by atoms with E-state index in [0.717, 1.165) is 25.1 Å². The van der Waals surface area contributed by atoms with Crippen molar-refractivity contribution in [1.82, 2.24) is 4.98 Å². The minimum Gasteiger partial charge on any atom is -0.366 e. The topological polar surface area (TPSA) is 24.9 Å². The molecule has 0 amide bonds. The van der Waals surface area contributed by atoms with Crippen molar-refractivity contribution in [1.29, 1.82) is 0 Å². The first-order chi connectivity index (χ1) is 7.86. The molecule has 0 bridgehead atoms. The lowest BCUT2D eigenvalue weighted by atomic mass is 9.82. The summed E-state index contributed by atoms with van der Waals surface area (Å²) in [6.07, 6.45) is -1.60. The van der Waals surface area contributed by atoms with Gasteiger partial charge < -0.3 is 5.32 Å². The van der Waals surface area contributed by atoms with E-state index in [-0.39, 0.29) is 11.1 Å². The predicted molar refractivity (Wildman–Crippen MR) is 60.1 cm³/mol. The summed E-state index contributed by atoms with van der Waals surface area (Å²) in [5.74, 6) is 0.984. The van der Waals surface area contributed by atoms with Crippen molar-refractivity contribution in [2.45, 2.75) is 32.0 Å². The highest BCUT2D eigenvalue weighted by atomic mass is 35.5. The fourth-order valence-electron chi connectivity index (χ4n) is 1.91. The Morgan fingerprint density at radius 1 is 1.41 bits per heavy atom. The Labute approximate surface area is 102 Å². The number of halogens is 4. The average molecular weight is 265 g/mol. The second-order valence-electron chi connectivity index (χ2n) is 4.47. The van der Waals surface area contributed by atoms with Gasteiger partial charge >= 0.3 is 6.18 Å². The Morgan fingerprint density at radius 3 is 2.53 bits per heavy atom. The smallest absolute Gasteiger partial charge is 0.366 e. The molecule has 1 aromatic rings. The molecule has 0 saturated heterocycles. The number of alkyl halides is 3. The summed E-state index contributed by atoms with van der Waals surface area (Å²) in [4.78, 5) is 3.73. The average Bonchev–Trinajstić information content (AvgIpc) is 2.16. The number of anilines is 1. The number of nitrogens with one attached hydrogen (secondary N) is 1. The molecule has 2 rings (SSSR count). The molecule has 2 nitrogen and oxygen atoms in total. The van der Waals surface area contributed by atoms with E-state index in [4.69, 9.17) is 11.6 Å². The fraction of sp³-hybridized carbons (Fsp3) is 0.545. The molecule has 0 spiro atoms. The lowest BCUT2D eigenvalue weighted by Gasteiger charge is -2.33. The Morgan fingerprint density at radius 2 is 2.06 bits per heavy atom. The van der Waals surface area contributed by atoms with Gasteiger partial charge in [0.1, 0.15) is 5.82 Å². The maximum absolute atomic E-state index is 12.4. The molecule has 0 aromatic carbocycles. The van der Waals surface area contributed by atoms with Gasteiger partial charge in [0.15, 0.2) is 0 Å². The van der Waals surface area contributed by atoms with Crippen molar-refractivity contribution in [3.63, 3.8) is 0 Å². The first kappa shape index (κ1) is 12.5. The number of nitrogens with zero attached hydrogens (tertiary/aromatic N) is 1. The van der Waals surface area contributed by atoms with Crippen LogP contribution in [0.3, 0.4) is 0 Å². The highest BCUT2D eigenvalue weighted by molar-refractivity contribution is 6.33. The normalized spacial score (nSPS) is 24.3. The minimum atomic E-state index is -4.40. The van der Waals surface area contributed by atoms with Gasteiger partial charge in [-0.2, -0.15) is 13.2 Å². The van der Waals surface area contributed by atoms with Crippen molar-refractivity contribution in [3.05, 3.63) is 22.8 Å². The van der Waals surface area contributed by atoms with Crippen LogP contribution < -0.4 is 5.32 Å². The van der Waals surface area contributed by atoms with E-state index < -0.39 is 11.7 Å². The molecule has 1 fully saturated rings. The van der Waals surface area contributed by atoms with Crippen LogP contribution in [0.5, 0.6) is 0 Å². The Kier molecular flexibility index (Phi) is 3.21. The molecule has 0 atom stereocenters. The second kappa shape index (κ2) is 4.37. The summed E-state index contributed by atoms with van der Waals surface area (Å²) in [6.45, 7) is 2.12. The van der Waals surface area contributed by atoms with Crippen molar-refractivity contribution in [2.75, 3.05) is 5.32 Å². The third kappa shape index (κ3) is 2.83. The molecular formula is C11H12ClF3N2. The summed E-state index contributed by atoms with van der Waals surface area (Å²) in [6, 6.07) is 1.17. The molecule has 1 N–H and O–H groups in total. The van der Waals surface area contributed by atoms with Crippen molar-refractivity contribution < 1.29 is 13.2 Å². The van der Waals surface area contributed by atoms with Gasteiger partial charge in [-0.3, -0.25) is 0 Å². The highest BCUT2D eigenvalue weighted by Gasteiger charge is 2.32. The number of pyridine rings is 1. The zero-order chi connectivity index (χ0) is 12.6. The van der Waals surface area contributed by atoms with Crippen LogP contribution >= 0.6 is 11.6 Å². The SMILES string of the molecule is CC1CC(Nc2ncc(C(F)(F)F)cc2Cl)C1. The minimum absolute atomic E-state index is 0.0133. The van der Waals surface area contributed by atoms with Gasteiger partial charge in [0.05, 0.1) is 10.6 Å². The van der Waals surface area contributed by atoms with Gasteiger partial charge in [-0.05, 0) is 24.8 Å². The Balaban J connectivity index is 2.09. The second-order valence-corrected chi connectivity index (χ2v) is 4.88. The van der Waals surface area contributed by atoms with E-state index in [9.17, 15) is 13.2 Å². The molecule has 0 aliphatic heterocycles. The van der Waals surface area contributed by atoms with Crippen LogP contribution in [0.25, 0.3) is 0 Å². The van der Waals surface area contributed by atoms with Gasteiger partial charge in [0.25, 0.3) is 0 Å². The first-order valence-corrected chi connectivity index (χ1v) is 5.73. The van der Waals surface area contributed by atoms with Gasteiger partial charge in [0, 0.05) is 12.2 Å². The summed E-state index contributed by atoms with van der Waals surface area (Å²) in [7, 11) is 0. The van der Waals surface area contributed by atoms with Crippen LogP contribution in [0.2, 0.25) is 5.02 Å². The Hall–Kier alpha value is -0.970. The number of hydrogen-bond donors (Lipinski definition) is 1. The summed E-state index contributed by atoms with van der Waals surface area (Å²) < 4.78 is 37.1. The summed E-state index contributed by atoms with van der Waals surface area (Å²) in [5.41, 5.74) is -0.824. The zero-order valence-corrected chi connectivity index (χ0v) is 9.94. The highest BCUT2D eigenvalue weighted by Crippen LogP contribution is 2.34. The van der Waals surface area contributed by atoms with Crippen LogP contribution in [0.15, 0.2) is 12.3 Å². The largest absolute Gasteiger partial charge is 0.417 e. The molecule has 1 aliphatic carbocycles. The van der Waals surface area contributed by atoms with Gasteiger partial charge in [-0.25, -0.2) is 4.98 Å². The van der Waals surface area contributed by atoms with Crippen molar-refractivity contribution >= 4 is 17.4 Å². The van der Waals surface area contributed by atoms with Crippen LogP contribution in [-0.4, -0.2) is 11.0 Å². The van der Waals surface area contributed by atoms with Crippen molar-refractivity contribution in [3.8, 4) is 0 Å². The zero-order valence-electron chi connectivity index (χ0n) is 9.18. The molecule has 1 heterocycles. The molecule has 6 heteroatoms. The third-order valence-electron chi connectivity index (χ3n) is 2.88. The summed E-state index contributed by atoms with van der Waals surface area (Å²) in [5, 5.41) is 3.06. The summed E-state index contributed by atoms with van der Waals surface area (Å²) >= 11 is 5.77. The van der Waals surface area contributed by atoms with E-state index in [1.54, 1.807) is 0 Å². The number of aromatic nitrogens is 1. The molecule has 1 saturated carbocycles. The van der Waals surface area contributed by atoms with Crippen molar-refractivity contribution in [2.24, 2.45) is 5.92 Å². The molecule has 17 heavy (non-hydrogen) atoms. The van der Waals surface area contributed by atoms with Gasteiger partial charge in [-0.1, -0.05) is 18.5 Å². The predicted octanol–water partition coefficient (Wildman–Crippen LogP) is 3.96. The maximum atomic E-state index is 12.4. The molecule has 0 radical (unpaired) electrons. The van der Waals surface area contributed by atoms with Gasteiger partial charge in [0.2, 0.25) is 0 Å². The molecule has 94 valence electrons. The van der Waals surface area contributed by atoms with E-state index >= 15 is 0 Å². The molecular weight excluding hydrogens is 253 g/mol. The van der Waals surface area contributed by atoms with E-state index in [1.165, 1.54) is 0 Å². The van der Waals surface area contributed by atoms with E-state index in [0.29, 0.717) is 11.7 Å². The fourth-order valence-corrected chi connectivity index (χ4v) is 2.13. The lowest BCUT2D eigenvalue weighted by molar-refractivity contribution is -0.137.